The Hall–Kier alpha value is -0.600. The Morgan fingerprint density at radius 3 is 2.70 bits per heavy atom. The number of halogens is 2. The largest absolute Gasteiger partial charge is 0.285 e. The van der Waals surface area contributed by atoms with Crippen molar-refractivity contribution >= 4 is 29.5 Å². The highest BCUT2D eigenvalue weighted by Gasteiger charge is 1.98. The van der Waals surface area contributed by atoms with Crippen LogP contribution in [0, 0.1) is 0 Å². The molecule has 0 saturated carbocycles. The van der Waals surface area contributed by atoms with Gasteiger partial charge >= 0.3 is 0 Å². The average molecular weight is 175 g/mol. The van der Waals surface area contributed by atoms with Gasteiger partial charge in [0.2, 0.25) is 6.29 Å². The van der Waals surface area contributed by atoms with Crippen LogP contribution in [0.15, 0.2) is 12.3 Å². The van der Waals surface area contributed by atoms with Crippen molar-refractivity contribution in [3.05, 3.63) is 28.0 Å². The highest BCUT2D eigenvalue weighted by Crippen LogP contribution is 2.18. The summed E-state index contributed by atoms with van der Waals surface area (Å²) in [6, 6.07) is 1.41. The summed E-state index contributed by atoms with van der Waals surface area (Å²) in [5, 5.41) is 0.461. The second-order valence-electron chi connectivity index (χ2n) is 1.60. The Kier molecular flexibility index (Phi) is 2.25. The molecule has 4 heteroatoms. The van der Waals surface area contributed by atoms with E-state index in [1.807, 2.05) is 0 Å². The maximum absolute atomic E-state index is 10.0. The van der Waals surface area contributed by atoms with Gasteiger partial charge in [0.25, 0.3) is 0 Å². The molecule has 0 aromatic carbocycles. The number of hydrogen-bond acceptors (Lipinski definition) is 2. The van der Waals surface area contributed by atoms with Crippen LogP contribution in [-0.4, -0.2) is 11.3 Å². The fourth-order valence-corrected chi connectivity index (χ4v) is 0.747. The highest BCUT2D eigenvalue weighted by molar-refractivity contribution is 6.41. The Balaban J connectivity index is 3.16. The number of nitrogens with zero attached hydrogens (tertiary/aromatic N) is 1. The molecule has 51 valence electrons. The van der Waals surface area contributed by atoms with E-state index in [1.165, 1.54) is 12.3 Å². The van der Waals surface area contributed by atoms with E-state index in [2.05, 4.69) is 4.98 Å². The smallest absolute Gasteiger partial charge is 0.235 e. The quantitative estimate of drug-likeness (QED) is 0.609. The zero-order chi connectivity index (χ0) is 7.56. The zero-order valence-electron chi connectivity index (χ0n) is 4.77. The van der Waals surface area contributed by atoms with Crippen LogP contribution in [0.1, 0.15) is 5.56 Å². The van der Waals surface area contributed by atoms with E-state index in [1.54, 1.807) is 6.29 Å². The molecule has 1 aromatic heterocycles. The molecule has 0 amide bonds. The second-order valence-corrected chi connectivity index (χ2v) is 2.36. The lowest BCUT2D eigenvalue weighted by Crippen LogP contribution is -1.83. The van der Waals surface area contributed by atoms with Crippen LogP contribution in [-0.2, 0) is 4.79 Å². The van der Waals surface area contributed by atoms with Crippen molar-refractivity contribution in [3.8, 4) is 0 Å². The third-order valence-corrected chi connectivity index (χ3v) is 1.60. The van der Waals surface area contributed by atoms with Crippen molar-refractivity contribution in [2.75, 3.05) is 0 Å². The first-order valence-electron chi connectivity index (χ1n) is 2.43. The van der Waals surface area contributed by atoms with E-state index in [0.717, 1.165) is 0 Å². The van der Waals surface area contributed by atoms with E-state index in [-0.39, 0.29) is 10.2 Å². The monoisotopic (exact) mass is 174 g/mol. The maximum Gasteiger partial charge on any atom is 0.235 e. The number of hydrogen-bond donors (Lipinski definition) is 0. The van der Waals surface area contributed by atoms with Gasteiger partial charge in [0.1, 0.15) is 5.15 Å². The predicted molar refractivity (Wildman–Crippen MR) is 39.1 cm³/mol. The average Bonchev–Trinajstić information content (AvgIpc) is 1.95. The number of aromatic nitrogens is 1. The summed E-state index contributed by atoms with van der Waals surface area (Å²) in [7, 11) is 0. The van der Waals surface area contributed by atoms with Gasteiger partial charge in [-0.1, -0.05) is 23.2 Å². The van der Waals surface area contributed by atoms with Crippen LogP contribution in [0.25, 0.3) is 0 Å². The van der Waals surface area contributed by atoms with Gasteiger partial charge < -0.3 is 0 Å². The third-order valence-electron chi connectivity index (χ3n) is 0.914. The molecule has 1 aromatic rings. The van der Waals surface area contributed by atoms with E-state index in [9.17, 15) is 4.79 Å². The lowest BCUT2D eigenvalue weighted by Gasteiger charge is -1.92. The molecule has 0 atom stereocenters. The molecule has 0 fully saturated rings. The van der Waals surface area contributed by atoms with E-state index < -0.39 is 0 Å². The molecule has 10 heavy (non-hydrogen) atoms. The molecule has 0 aliphatic rings. The fraction of sp³-hybridized carbons (Fsp3) is 0. The normalized spacial score (nSPS) is 9.40. The Morgan fingerprint density at radius 1 is 1.50 bits per heavy atom. The molecule has 1 heterocycles. The summed E-state index contributed by atoms with van der Waals surface area (Å²) in [5.41, 5.74) is 0.300. The van der Waals surface area contributed by atoms with Crippen molar-refractivity contribution in [1.29, 1.82) is 0 Å². The van der Waals surface area contributed by atoms with E-state index in [0.29, 0.717) is 5.56 Å². The Labute approximate surface area is 67.8 Å². The summed E-state index contributed by atoms with van der Waals surface area (Å²) in [6.07, 6.45) is 2.95. The van der Waals surface area contributed by atoms with Crippen LogP contribution < -0.4 is 0 Å². The fourth-order valence-electron chi connectivity index (χ4n) is 0.477. The summed E-state index contributed by atoms with van der Waals surface area (Å²) < 4.78 is 0. The lowest BCUT2D eigenvalue weighted by atomic mass is 10.3. The second kappa shape index (κ2) is 2.99. The van der Waals surface area contributed by atoms with Gasteiger partial charge in [-0.15, -0.1) is 0 Å². The number of rotatable bonds is 1. The first-order valence-corrected chi connectivity index (χ1v) is 3.19. The topological polar surface area (TPSA) is 30.0 Å². The summed E-state index contributed by atoms with van der Waals surface area (Å²) in [5.74, 6) is 0. The first kappa shape index (κ1) is 7.51. The van der Waals surface area contributed by atoms with Gasteiger partial charge in [-0.05, 0) is 6.07 Å². The van der Waals surface area contributed by atoms with Crippen molar-refractivity contribution in [1.82, 2.24) is 4.98 Å². The molecule has 0 bridgehead atoms. The molecular formula is C6H2Cl2NO. The van der Waals surface area contributed by atoms with E-state index in [4.69, 9.17) is 23.2 Å². The van der Waals surface area contributed by atoms with Crippen molar-refractivity contribution in [3.63, 3.8) is 0 Å². The van der Waals surface area contributed by atoms with Crippen LogP contribution in [0.2, 0.25) is 10.2 Å². The molecule has 0 N–H and O–H groups in total. The van der Waals surface area contributed by atoms with Gasteiger partial charge in [-0.3, -0.25) is 4.79 Å². The summed E-state index contributed by atoms with van der Waals surface area (Å²) in [6.45, 7) is 0. The summed E-state index contributed by atoms with van der Waals surface area (Å²) in [4.78, 5) is 13.6. The van der Waals surface area contributed by atoms with Crippen molar-refractivity contribution < 1.29 is 4.79 Å². The molecule has 0 spiro atoms. The Morgan fingerprint density at radius 2 is 2.20 bits per heavy atom. The molecule has 0 saturated heterocycles. The van der Waals surface area contributed by atoms with Gasteiger partial charge in [-0.25, -0.2) is 4.98 Å². The lowest BCUT2D eigenvalue weighted by molar-refractivity contribution is 0.562. The minimum Gasteiger partial charge on any atom is -0.285 e. The van der Waals surface area contributed by atoms with Crippen LogP contribution in [0.4, 0.5) is 0 Å². The highest BCUT2D eigenvalue weighted by atomic mass is 35.5. The third kappa shape index (κ3) is 1.46. The van der Waals surface area contributed by atoms with Crippen LogP contribution in [0.5, 0.6) is 0 Å². The number of pyridine rings is 1. The molecule has 1 radical (unpaired) electrons. The molecular weight excluding hydrogens is 173 g/mol. The zero-order valence-corrected chi connectivity index (χ0v) is 6.28. The Bertz CT molecular complexity index is 262. The van der Waals surface area contributed by atoms with Crippen LogP contribution in [0.3, 0.4) is 0 Å². The minimum atomic E-state index is 0.195. The van der Waals surface area contributed by atoms with Crippen molar-refractivity contribution in [2.45, 2.75) is 0 Å². The molecule has 2 nitrogen and oxygen atoms in total. The molecule has 0 aliphatic carbocycles. The SMILES string of the molecule is O=[C]c1cnc(Cl)c(Cl)c1. The first-order chi connectivity index (χ1) is 4.74. The maximum atomic E-state index is 10.0. The predicted octanol–water partition coefficient (Wildman–Crippen LogP) is 1.85. The summed E-state index contributed by atoms with van der Waals surface area (Å²) >= 11 is 11.0. The van der Waals surface area contributed by atoms with Gasteiger partial charge in [0.15, 0.2) is 0 Å². The number of carbonyl (C=O) groups excluding carboxylic acids is 1. The molecule has 0 unspecified atom stereocenters. The van der Waals surface area contributed by atoms with Gasteiger partial charge in [-0.2, -0.15) is 0 Å². The molecule has 1 rings (SSSR count). The van der Waals surface area contributed by atoms with Gasteiger partial charge in [0, 0.05) is 11.8 Å². The van der Waals surface area contributed by atoms with Gasteiger partial charge in [0.05, 0.1) is 5.02 Å². The molecule has 0 aliphatic heterocycles. The van der Waals surface area contributed by atoms with Crippen LogP contribution >= 0.6 is 23.2 Å². The van der Waals surface area contributed by atoms with Crippen molar-refractivity contribution in [2.24, 2.45) is 0 Å². The minimum absolute atomic E-state index is 0.195. The van der Waals surface area contributed by atoms with E-state index >= 15 is 0 Å². The standard InChI is InChI=1S/C6H2Cl2NO/c7-5-1-4(3-10)2-9-6(5)8/h1-2H.